The molecule has 0 radical (unpaired) electrons. The quantitative estimate of drug-likeness (QED) is 0.476. The number of halogens is 1. The molecular formula is C24H27ClN2O4. The summed E-state index contributed by atoms with van der Waals surface area (Å²) < 4.78 is 6.01. The zero-order chi connectivity index (χ0) is 22.2. The Hall–Kier alpha value is -2.44. The number of fused-ring (bicyclic) bond motifs is 1. The highest BCUT2D eigenvalue weighted by atomic mass is 35.5. The SMILES string of the molecule is Cc1cc2c(c([N+](=O)[O-])c1)OCC(Cc1ccc(Cl)cc1)(CN1CCCC(C)C1)C2=O. The van der Waals surface area contributed by atoms with Crippen LogP contribution in [0.1, 0.15) is 41.3 Å². The van der Waals surface area contributed by atoms with Gasteiger partial charge in [0.1, 0.15) is 6.61 Å². The number of ether oxygens (including phenoxy) is 1. The van der Waals surface area contributed by atoms with Crippen LogP contribution in [0.25, 0.3) is 0 Å². The van der Waals surface area contributed by atoms with Gasteiger partial charge in [-0.15, -0.1) is 0 Å². The van der Waals surface area contributed by atoms with E-state index in [-0.39, 0.29) is 23.8 Å². The van der Waals surface area contributed by atoms with Gasteiger partial charge in [0.15, 0.2) is 5.78 Å². The number of hydrogen-bond acceptors (Lipinski definition) is 5. The average Bonchev–Trinajstić information content (AvgIpc) is 2.72. The highest BCUT2D eigenvalue weighted by Crippen LogP contribution is 2.43. The number of benzene rings is 2. The van der Waals surface area contributed by atoms with Crippen molar-refractivity contribution in [3.8, 4) is 5.75 Å². The molecule has 0 aromatic heterocycles. The fraction of sp³-hybridized carbons (Fsp3) is 0.458. The molecule has 2 aliphatic rings. The predicted molar refractivity (Wildman–Crippen MR) is 120 cm³/mol. The van der Waals surface area contributed by atoms with Crippen LogP contribution in [0.4, 0.5) is 5.69 Å². The van der Waals surface area contributed by atoms with E-state index in [1.165, 1.54) is 12.5 Å². The highest BCUT2D eigenvalue weighted by Gasteiger charge is 2.47. The molecule has 0 spiro atoms. The number of nitro benzene ring substituents is 1. The third-order valence-corrected chi connectivity index (χ3v) is 6.60. The molecule has 2 aromatic carbocycles. The number of rotatable bonds is 5. The molecule has 6 nitrogen and oxygen atoms in total. The zero-order valence-electron chi connectivity index (χ0n) is 17.9. The van der Waals surface area contributed by atoms with E-state index in [1.54, 1.807) is 13.0 Å². The van der Waals surface area contributed by atoms with E-state index in [1.807, 2.05) is 24.3 Å². The van der Waals surface area contributed by atoms with Crippen molar-refractivity contribution < 1.29 is 14.5 Å². The molecule has 0 saturated carbocycles. The van der Waals surface area contributed by atoms with Crippen LogP contribution in [0.2, 0.25) is 5.02 Å². The second-order valence-electron chi connectivity index (χ2n) is 9.10. The van der Waals surface area contributed by atoms with Crippen LogP contribution in [-0.4, -0.2) is 41.8 Å². The van der Waals surface area contributed by atoms with Gasteiger partial charge in [0.05, 0.1) is 15.9 Å². The third-order valence-electron chi connectivity index (χ3n) is 6.35. The fourth-order valence-electron chi connectivity index (χ4n) is 4.93. The lowest BCUT2D eigenvalue weighted by molar-refractivity contribution is -0.386. The molecule has 0 bridgehead atoms. The first kappa shape index (κ1) is 21.8. The number of piperidine rings is 1. The van der Waals surface area contributed by atoms with Gasteiger partial charge in [-0.1, -0.05) is 30.7 Å². The lowest BCUT2D eigenvalue weighted by Gasteiger charge is -2.42. The lowest BCUT2D eigenvalue weighted by Crippen LogP contribution is -2.52. The number of carbonyl (C=O) groups excluding carboxylic acids is 1. The Morgan fingerprint density at radius 3 is 2.71 bits per heavy atom. The van der Waals surface area contributed by atoms with Gasteiger partial charge in [0.25, 0.3) is 0 Å². The average molecular weight is 443 g/mol. The number of nitrogens with zero attached hydrogens (tertiary/aromatic N) is 2. The summed E-state index contributed by atoms with van der Waals surface area (Å²) in [5.41, 5.74) is 1.04. The Labute approximate surface area is 187 Å². The summed E-state index contributed by atoms with van der Waals surface area (Å²) in [6.07, 6.45) is 2.79. The van der Waals surface area contributed by atoms with Gasteiger partial charge in [0, 0.05) is 24.2 Å². The first-order chi connectivity index (χ1) is 14.8. The Kier molecular flexibility index (Phi) is 6.04. The van der Waals surface area contributed by atoms with Gasteiger partial charge in [-0.2, -0.15) is 0 Å². The first-order valence-corrected chi connectivity index (χ1v) is 11.1. The largest absolute Gasteiger partial charge is 0.485 e. The van der Waals surface area contributed by atoms with Crippen molar-refractivity contribution in [3.63, 3.8) is 0 Å². The second-order valence-corrected chi connectivity index (χ2v) is 9.54. The number of nitro groups is 1. The minimum absolute atomic E-state index is 0.0753. The Balaban J connectivity index is 1.74. The van der Waals surface area contributed by atoms with Gasteiger partial charge in [0.2, 0.25) is 5.75 Å². The van der Waals surface area contributed by atoms with Crippen LogP contribution in [0.15, 0.2) is 36.4 Å². The molecule has 1 fully saturated rings. The monoisotopic (exact) mass is 442 g/mol. The van der Waals surface area contributed by atoms with Crippen molar-refractivity contribution in [2.75, 3.05) is 26.2 Å². The zero-order valence-corrected chi connectivity index (χ0v) is 18.7. The number of hydrogen-bond donors (Lipinski definition) is 0. The van der Waals surface area contributed by atoms with E-state index in [4.69, 9.17) is 16.3 Å². The van der Waals surface area contributed by atoms with E-state index in [9.17, 15) is 14.9 Å². The molecule has 2 heterocycles. The predicted octanol–water partition coefficient (Wildman–Crippen LogP) is 5.09. The van der Waals surface area contributed by atoms with Crippen LogP contribution in [0.5, 0.6) is 5.75 Å². The van der Waals surface area contributed by atoms with Crippen molar-refractivity contribution in [1.82, 2.24) is 4.90 Å². The molecular weight excluding hydrogens is 416 g/mol. The number of ketones is 1. The van der Waals surface area contributed by atoms with E-state index in [0.29, 0.717) is 35.0 Å². The highest BCUT2D eigenvalue weighted by molar-refractivity contribution is 6.30. The van der Waals surface area contributed by atoms with Crippen molar-refractivity contribution in [3.05, 3.63) is 68.2 Å². The molecule has 0 amide bonds. The molecule has 4 rings (SSSR count). The summed E-state index contributed by atoms with van der Waals surface area (Å²) in [7, 11) is 0. The van der Waals surface area contributed by atoms with Crippen LogP contribution < -0.4 is 4.74 Å². The molecule has 0 N–H and O–H groups in total. The molecule has 2 atom stereocenters. The van der Waals surface area contributed by atoms with Crippen LogP contribution >= 0.6 is 11.6 Å². The molecule has 31 heavy (non-hydrogen) atoms. The summed E-state index contributed by atoms with van der Waals surface area (Å²) in [6, 6.07) is 10.7. The van der Waals surface area contributed by atoms with E-state index in [2.05, 4.69) is 11.8 Å². The second kappa shape index (κ2) is 8.60. The van der Waals surface area contributed by atoms with E-state index < -0.39 is 10.3 Å². The van der Waals surface area contributed by atoms with Crippen molar-refractivity contribution in [2.24, 2.45) is 11.3 Å². The molecule has 164 valence electrons. The van der Waals surface area contributed by atoms with Gasteiger partial charge in [-0.05, 0) is 68.0 Å². The topological polar surface area (TPSA) is 72.7 Å². The Morgan fingerprint density at radius 2 is 2.03 bits per heavy atom. The Morgan fingerprint density at radius 1 is 1.29 bits per heavy atom. The molecule has 2 aromatic rings. The summed E-state index contributed by atoms with van der Waals surface area (Å²) in [6.45, 7) is 6.58. The number of Topliss-reactive ketones (excluding diaryl/α,β-unsaturated/α-hetero) is 1. The summed E-state index contributed by atoms with van der Waals surface area (Å²) in [5, 5.41) is 12.2. The van der Waals surface area contributed by atoms with E-state index in [0.717, 1.165) is 25.1 Å². The van der Waals surface area contributed by atoms with Crippen LogP contribution in [0, 0.1) is 28.4 Å². The number of carbonyl (C=O) groups is 1. The standard InChI is InChI=1S/C24H27ClN2O4/c1-16-4-3-9-26(13-16)14-24(12-18-5-7-19(25)8-6-18)15-31-22-20(23(24)28)10-17(2)11-21(22)27(29)30/h5-8,10-11,16H,3-4,9,12-15H2,1-2H3. The third kappa shape index (κ3) is 4.46. The number of likely N-dealkylation sites (tertiary alicyclic amines) is 1. The van der Waals surface area contributed by atoms with Crippen LogP contribution in [-0.2, 0) is 6.42 Å². The Bertz CT molecular complexity index is 1010. The van der Waals surface area contributed by atoms with Crippen molar-refractivity contribution >= 4 is 23.1 Å². The van der Waals surface area contributed by atoms with Gasteiger partial charge in [-0.3, -0.25) is 14.9 Å². The maximum Gasteiger partial charge on any atom is 0.311 e. The first-order valence-electron chi connectivity index (χ1n) is 10.7. The molecule has 7 heteroatoms. The lowest BCUT2D eigenvalue weighted by atomic mass is 9.73. The fourth-order valence-corrected chi connectivity index (χ4v) is 5.05. The normalized spacial score (nSPS) is 23.8. The molecule has 1 saturated heterocycles. The van der Waals surface area contributed by atoms with Crippen molar-refractivity contribution in [2.45, 2.75) is 33.1 Å². The van der Waals surface area contributed by atoms with E-state index >= 15 is 0 Å². The van der Waals surface area contributed by atoms with Crippen molar-refractivity contribution in [1.29, 1.82) is 0 Å². The summed E-state index contributed by atoms with van der Waals surface area (Å²) in [4.78, 5) is 27.4. The smallest absolute Gasteiger partial charge is 0.311 e. The molecule has 2 unspecified atom stereocenters. The minimum atomic E-state index is -0.806. The number of aryl methyl sites for hydroxylation is 1. The van der Waals surface area contributed by atoms with Crippen LogP contribution in [0.3, 0.4) is 0 Å². The summed E-state index contributed by atoms with van der Waals surface area (Å²) in [5.74, 6) is 0.602. The van der Waals surface area contributed by atoms with Gasteiger partial charge >= 0.3 is 5.69 Å². The maximum absolute atomic E-state index is 13.9. The van der Waals surface area contributed by atoms with Gasteiger partial charge < -0.3 is 9.64 Å². The molecule has 0 aliphatic carbocycles. The minimum Gasteiger partial charge on any atom is -0.485 e. The maximum atomic E-state index is 13.9. The van der Waals surface area contributed by atoms with Gasteiger partial charge in [-0.25, -0.2) is 0 Å². The molecule has 2 aliphatic heterocycles. The summed E-state index contributed by atoms with van der Waals surface area (Å²) >= 11 is 6.06.